The second-order valence-electron chi connectivity index (χ2n) is 10.5. The van der Waals surface area contributed by atoms with Crippen molar-refractivity contribution in [2.24, 2.45) is 0 Å². The number of carbonyl (C=O) groups is 2. The Morgan fingerprint density at radius 3 is 2.17 bits per heavy atom. The summed E-state index contributed by atoms with van der Waals surface area (Å²) in [6.07, 6.45) is -21.4. The van der Waals surface area contributed by atoms with Crippen molar-refractivity contribution < 1.29 is 83.6 Å². The maximum Gasteiger partial charge on any atom is 0.364 e. The fraction of sp³-hybridized carbons (Fsp3) is 0.913. The van der Waals surface area contributed by atoms with Gasteiger partial charge in [0.2, 0.25) is 5.91 Å². The van der Waals surface area contributed by atoms with E-state index in [0.717, 1.165) is 13.8 Å². The van der Waals surface area contributed by atoms with Gasteiger partial charge in [-0.1, -0.05) is 0 Å². The van der Waals surface area contributed by atoms with Gasteiger partial charge in [-0.3, -0.25) is 4.79 Å². The summed E-state index contributed by atoms with van der Waals surface area (Å²) in [6, 6.07) is -1.40. The third kappa shape index (κ3) is 6.36. The standard InChI is InChI=1S/C23H37NO17/c1-6-16(13(29)14(30)19(32)36-6)39-21-15(31)18(11(27)8(4-25)37-21)40-20-10(24-7(2)26)12(28)17-9(38-20)5-35-23(3,41-17)22(33)34/h6,8-21,25,27-32H,4-5H2,1-3H3,(H,24,26)(H,33,34)/t6-,8+,9+,10+,11-,12+,13-,14+,15+,16-,17-,18-,19-,20-,21+,23?/m0/s1. The zero-order valence-corrected chi connectivity index (χ0v) is 22.3. The maximum absolute atomic E-state index is 12.0. The molecule has 1 amide bonds. The molecule has 18 nitrogen and oxygen atoms in total. The summed E-state index contributed by atoms with van der Waals surface area (Å²) in [6.45, 7) is 2.53. The molecule has 4 heterocycles. The third-order valence-corrected chi connectivity index (χ3v) is 7.52. The number of fused-ring (bicyclic) bond motifs is 1. The number of hydrogen-bond acceptors (Lipinski definition) is 16. The molecule has 1 unspecified atom stereocenters. The molecule has 4 fully saturated rings. The van der Waals surface area contributed by atoms with E-state index in [1.54, 1.807) is 0 Å². The summed E-state index contributed by atoms with van der Waals surface area (Å²) in [7, 11) is 0. The van der Waals surface area contributed by atoms with E-state index in [1.165, 1.54) is 6.92 Å². The van der Waals surface area contributed by atoms with E-state index in [4.69, 9.17) is 33.2 Å². The Labute approximate surface area is 233 Å². The number of aliphatic hydroxyl groups is 7. The molecular weight excluding hydrogens is 562 g/mol. The van der Waals surface area contributed by atoms with Crippen LogP contribution < -0.4 is 5.32 Å². The Morgan fingerprint density at radius 2 is 1.56 bits per heavy atom. The maximum atomic E-state index is 12.0. The van der Waals surface area contributed by atoms with Crippen LogP contribution >= 0.6 is 0 Å². The van der Waals surface area contributed by atoms with Gasteiger partial charge in [-0.2, -0.15) is 0 Å². The SMILES string of the molecule is CC(=O)N[C@H]1[C@H](O[C@H]2[C@@H](O)[C@@H](CO)O[C@H](O[C@@H]3[C@@H](O)[C@@H](O)[C@@H](O)O[C@H]3C)[C@@H]2O)O[C@@H]2COC(C)(C(=O)O)O[C@@H]2[C@@H]1O. The van der Waals surface area contributed by atoms with Gasteiger partial charge in [0.25, 0.3) is 5.79 Å². The van der Waals surface area contributed by atoms with Gasteiger partial charge in [0, 0.05) is 13.8 Å². The van der Waals surface area contributed by atoms with E-state index in [0.29, 0.717) is 0 Å². The lowest BCUT2D eigenvalue weighted by Gasteiger charge is -2.51. The van der Waals surface area contributed by atoms with Gasteiger partial charge in [0.1, 0.15) is 67.1 Å². The lowest BCUT2D eigenvalue weighted by atomic mass is 9.94. The van der Waals surface area contributed by atoms with E-state index in [-0.39, 0.29) is 6.61 Å². The first-order valence-corrected chi connectivity index (χ1v) is 13.0. The van der Waals surface area contributed by atoms with Crippen molar-refractivity contribution >= 4 is 11.9 Å². The van der Waals surface area contributed by atoms with Crippen LogP contribution in [0, 0.1) is 0 Å². The Balaban J connectivity index is 1.55. The van der Waals surface area contributed by atoms with E-state index < -0.39 is 116 Å². The van der Waals surface area contributed by atoms with Crippen LogP contribution in [0.25, 0.3) is 0 Å². The van der Waals surface area contributed by atoms with Crippen LogP contribution in [-0.4, -0.2) is 164 Å². The Morgan fingerprint density at radius 1 is 0.902 bits per heavy atom. The summed E-state index contributed by atoms with van der Waals surface area (Å²) in [5, 5.41) is 84.8. The number of hydrogen-bond donors (Lipinski definition) is 9. The predicted octanol–water partition coefficient (Wildman–Crippen LogP) is -5.54. The number of rotatable bonds is 7. The minimum atomic E-state index is -2.11. The monoisotopic (exact) mass is 599 g/mol. The first-order chi connectivity index (χ1) is 19.2. The first kappa shape index (κ1) is 32.3. The molecule has 0 spiro atoms. The lowest BCUT2D eigenvalue weighted by Crippen LogP contribution is -2.71. The molecule has 0 radical (unpaired) electrons. The fourth-order valence-electron chi connectivity index (χ4n) is 5.20. The van der Waals surface area contributed by atoms with E-state index >= 15 is 0 Å². The molecule has 0 aromatic carbocycles. The zero-order chi connectivity index (χ0) is 30.4. The molecule has 16 atom stereocenters. The topological polar surface area (TPSA) is 273 Å². The van der Waals surface area contributed by atoms with Crippen LogP contribution in [0.5, 0.6) is 0 Å². The highest BCUT2D eigenvalue weighted by atomic mass is 16.8. The Hall–Kier alpha value is -1.62. The quantitative estimate of drug-likeness (QED) is 0.132. The van der Waals surface area contributed by atoms with Crippen molar-refractivity contribution in [3.05, 3.63) is 0 Å². The van der Waals surface area contributed by atoms with Gasteiger partial charge in [-0.25, -0.2) is 4.79 Å². The summed E-state index contributed by atoms with van der Waals surface area (Å²) in [5.74, 6) is -4.21. The lowest BCUT2D eigenvalue weighted by molar-refractivity contribution is -0.390. The highest BCUT2D eigenvalue weighted by Crippen LogP contribution is 2.36. The van der Waals surface area contributed by atoms with Crippen molar-refractivity contribution in [3.8, 4) is 0 Å². The van der Waals surface area contributed by atoms with Crippen LogP contribution in [-0.2, 0) is 42.7 Å². The van der Waals surface area contributed by atoms with Gasteiger partial charge in [-0.15, -0.1) is 0 Å². The minimum absolute atomic E-state index is 0.368. The van der Waals surface area contributed by atoms with Crippen LogP contribution in [0.3, 0.4) is 0 Å². The third-order valence-electron chi connectivity index (χ3n) is 7.52. The highest BCUT2D eigenvalue weighted by Gasteiger charge is 2.57. The molecule has 0 aliphatic carbocycles. The smallest absolute Gasteiger partial charge is 0.364 e. The number of nitrogens with one attached hydrogen (secondary N) is 1. The number of carboxylic acid groups (broad SMARTS) is 1. The number of amides is 1. The molecule has 41 heavy (non-hydrogen) atoms. The van der Waals surface area contributed by atoms with Crippen molar-refractivity contribution in [3.63, 3.8) is 0 Å². The number of carboxylic acids is 1. The van der Waals surface area contributed by atoms with Crippen molar-refractivity contribution in [1.82, 2.24) is 5.32 Å². The van der Waals surface area contributed by atoms with Crippen LogP contribution in [0.1, 0.15) is 20.8 Å². The summed E-state index contributed by atoms with van der Waals surface area (Å²) < 4.78 is 38.7. The molecule has 4 aliphatic rings. The largest absolute Gasteiger partial charge is 0.477 e. The molecule has 18 heteroatoms. The van der Waals surface area contributed by atoms with Crippen LogP contribution in [0.2, 0.25) is 0 Å². The molecule has 9 N–H and O–H groups in total. The second-order valence-corrected chi connectivity index (χ2v) is 10.5. The summed E-state index contributed by atoms with van der Waals surface area (Å²) >= 11 is 0. The normalized spacial score (nSPS) is 50.5. The van der Waals surface area contributed by atoms with E-state index in [1.807, 2.05) is 0 Å². The van der Waals surface area contributed by atoms with Gasteiger partial charge < -0.3 is 79.3 Å². The average molecular weight is 600 g/mol. The predicted molar refractivity (Wildman–Crippen MR) is 125 cm³/mol. The van der Waals surface area contributed by atoms with E-state index in [2.05, 4.69) is 5.32 Å². The summed E-state index contributed by atoms with van der Waals surface area (Å²) in [5.41, 5.74) is 0. The second kappa shape index (κ2) is 12.5. The Kier molecular flexibility index (Phi) is 9.88. The van der Waals surface area contributed by atoms with Crippen LogP contribution in [0.15, 0.2) is 0 Å². The molecule has 4 saturated heterocycles. The van der Waals surface area contributed by atoms with Crippen molar-refractivity contribution in [1.29, 1.82) is 0 Å². The van der Waals surface area contributed by atoms with Gasteiger partial charge in [-0.05, 0) is 6.92 Å². The number of carbonyl (C=O) groups excluding carboxylic acids is 1. The molecule has 0 bridgehead atoms. The van der Waals surface area contributed by atoms with Gasteiger partial charge in [0.15, 0.2) is 18.9 Å². The molecule has 0 aromatic rings. The Bertz CT molecular complexity index is 942. The fourth-order valence-corrected chi connectivity index (χ4v) is 5.20. The van der Waals surface area contributed by atoms with Crippen molar-refractivity contribution in [2.75, 3.05) is 13.2 Å². The van der Waals surface area contributed by atoms with Gasteiger partial charge >= 0.3 is 5.97 Å². The minimum Gasteiger partial charge on any atom is -0.477 e. The van der Waals surface area contributed by atoms with Crippen molar-refractivity contribution in [2.45, 2.75) is 119 Å². The highest BCUT2D eigenvalue weighted by molar-refractivity contribution is 5.75. The number of aliphatic carboxylic acids is 1. The summed E-state index contributed by atoms with van der Waals surface area (Å²) in [4.78, 5) is 23.6. The average Bonchev–Trinajstić information content (AvgIpc) is 2.91. The molecule has 236 valence electrons. The number of ether oxygens (including phenoxy) is 7. The first-order valence-electron chi connectivity index (χ1n) is 13.0. The molecule has 4 aliphatic heterocycles. The number of aliphatic hydroxyl groups excluding tert-OH is 7. The van der Waals surface area contributed by atoms with E-state index in [9.17, 15) is 50.4 Å². The molecule has 4 rings (SSSR count). The molecule has 0 aromatic heterocycles. The molecular formula is C23H37NO17. The van der Waals surface area contributed by atoms with Gasteiger partial charge in [0.05, 0.1) is 19.3 Å². The van der Waals surface area contributed by atoms with Crippen LogP contribution in [0.4, 0.5) is 0 Å². The zero-order valence-electron chi connectivity index (χ0n) is 22.3. The molecule has 0 saturated carbocycles.